The Kier molecular flexibility index (Phi) is 8.12. The second kappa shape index (κ2) is 9.60. The van der Waals surface area contributed by atoms with Gasteiger partial charge in [-0.3, -0.25) is 4.79 Å². The highest BCUT2D eigenvalue weighted by molar-refractivity contribution is 6.31. The van der Waals surface area contributed by atoms with E-state index in [2.05, 4.69) is 0 Å². The topological polar surface area (TPSA) is 64.8 Å². The van der Waals surface area contributed by atoms with Crippen LogP contribution in [0.3, 0.4) is 0 Å². The fourth-order valence-electron chi connectivity index (χ4n) is 1.87. The first-order chi connectivity index (χ1) is 10.1. The van der Waals surface area contributed by atoms with Crippen LogP contribution in [0.1, 0.15) is 24.2 Å². The molecule has 6 heteroatoms. The molecule has 1 aromatic carbocycles. The first-order valence-electron chi connectivity index (χ1n) is 7.09. The number of rotatable bonds is 9. The van der Waals surface area contributed by atoms with Gasteiger partial charge < -0.3 is 20.1 Å². The summed E-state index contributed by atoms with van der Waals surface area (Å²) in [7, 11) is 0. The molecule has 0 aliphatic carbocycles. The van der Waals surface area contributed by atoms with Crippen LogP contribution in [-0.2, 0) is 9.47 Å². The van der Waals surface area contributed by atoms with Gasteiger partial charge in [-0.05, 0) is 32.0 Å². The third-order valence-electron chi connectivity index (χ3n) is 2.87. The molecule has 0 aromatic heterocycles. The molecule has 0 radical (unpaired) electrons. The highest BCUT2D eigenvalue weighted by Crippen LogP contribution is 2.18. The maximum absolute atomic E-state index is 12.5. The molecule has 5 nitrogen and oxygen atoms in total. The molecular weight excluding hydrogens is 292 g/mol. The van der Waals surface area contributed by atoms with Crippen LogP contribution < -0.4 is 5.73 Å². The molecule has 1 amide bonds. The normalized spacial score (nSPS) is 10.6. The molecule has 118 valence electrons. The van der Waals surface area contributed by atoms with Crippen LogP contribution in [-0.4, -0.2) is 50.3 Å². The molecule has 0 fully saturated rings. The summed E-state index contributed by atoms with van der Waals surface area (Å²) in [6.07, 6.45) is 0. The first-order valence-corrected chi connectivity index (χ1v) is 7.47. The summed E-state index contributed by atoms with van der Waals surface area (Å²) in [5, 5.41) is 0.452. The van der Waals surface area contributed by atoms with Crippen LogP contribution in [0.4, 0.5) is 5.69 Å². The molecule has 1 aromatic rings. The van der Waals surface area contributed by atoms with Gasteiger partial charge in [-0.1, -0.05) is 11.6 Å². The van der Waals surface area contributed by atoms with Crippen molar-refractivity contribution >= 4 is 23.2 Å². The van der Waals surface area contributed by atoms with Gasteiger partial charge >= 0.3 is 0 Å². The van der Waals surface area contributed by atoms with Crippen molar-refractivity contribution in [3.8, 4) is 0 Å². The molecule has 0 atom stereocenters. The molecule has 0 aliphatic heterocycles. The third kappa shape index (κ3) is 6.33. The zero-order chi connectivity index (χ0) is 15.7. The number of anilines is 1. The molecule has 0 spiro atoms. The Morgan fingerprint density at radius 2 is 1.71 bits per heavy atom. The SMILES string of the molecule is CCOCCN(CCOCC)C(=O)c1cc(N)cc(Cl)c1. The first kappa shape index (κ1) is 17.8. The highest BCUT2D eigenvalue weighted by atomic mass is 35.5. The van der Waals surface area contributed by atoms with Gasteiger partial charge in [-0.15, -0.1) is 0 Å². The van der Waals surface area contributed by atoms with E-state index in [1.807, 2.05) is 13.8 Å². The van der Waals surface area contributed by atoms with Crippen LogP contribution in [0.15, 0.2) is 18.2 Å². The van der Waals surface area contributed by atoms with Crippen molar-refractivity contribution in [3.05, 3.63) is 28.8 Å². The van der Waals surface area contributed by atoms with Gasteiger partial charge in [-0.25, -0.2) is 0 Å². The molecule has 0 unspecified atom stereocenters. The Morgan fingerprint density at radius 1 is 1.14 bits per heavy atom. The molecule has 0 saturated carbocycles. The van der Waals surface area contributed by atoms with Crippen molar-refractivity contribution in [1.29, 1.82) is 0 Å². The van der Waals surface area contributed by atoms with Gasteiger partial charge in [-0.2, -0.15) is 0 Å². The largest absolute Gasteiger partial charge is 0.399 e. The predicted octanol–water partition coefficient (Wildman–Crippen LogP) is 2.44. The number of benzene rings is 1. The van der Waals surface area contributed by atoms with Crippen LogP contribution in [0.2, 0.25) is 5.02 Å². The maximum Gasteiger partial charge on any atom is 0.254 e. The number of carbonyl (C=O) groups is 1. The lowest BCUT2D eigenvalue weighted by atomic mass is 10.1. The number of halogens is 1. The van der Waals surface area contributed by atoms with Crippen molar-refractivity contribution in [3.63, 3.8) is 0 Å². The lowest BCUT2D eigenvalue weighted by Gasteiger charge is -2.23. The Morgan fingerprint density at radius 3 is 2.19 bits per heavy atom. The monoisotopic (exact) mass is 314 g/mol. The fourth-order valence-corrected chi connectivity index (χ4v) is 2.11. The van der Waals surface area contributed by atoms with Crippen molar-refractivity contribution in [2.45, 2.75) is 13.8 Å². The number of nitrogens with zero attached hydrogens (tertiary/aromatic N) is 1. The zero-order valence-electron chi connectivity index (χ0n) is 12.6. The number of carbonyl (C=O) groups excluding carboxylic acids is 1. The second-order valence-electron chi connectivity index (χ2n) is 4.46. The predicted molar refractivity (Wildman–Crippen MR) is 84.8 cm³/mol. The summed E-state index contributed by atoms with van der Waals surface area (Å²) >= 11 is 5.95. The minimum Gasteiger partial charge on any atom is -0.399 e. The summed E-state index contributed by atoms with van der Waals surface area (Å²) in [4.78, 5) is 14.2. The lowest BCUT2D eigenvalue weighted by molar-refractivity contribution is 0.0550. The van der Waals surface area contributed by atoms with E-state index in [9.17, 15) is 4.79 Å². The quantitative estimate of drug-likeness (QED) is 0.561. The van der Waals surface area contributed by atoms with Crippen LogP contribution in [0.25, 0.3) is 0 Å². The molecular formula is C15H23ClN2O3. The van der Waals surface area contributed by atoms with E-state index in [4.69, 9.17) is 26.8 Å². The Balaban J connectivity index is 2.76. The Bertz CT molecular complexity index is 424. The summed E-state index contributed by atoms with van der Waals surface area (Å²) < 4.78 is 10.6. The van der Waals surface area contributed by atoms with E-state index in [-0.39, 0.29) is 5.91 Å². The van der Waals surface area contributed by atoms with Gasteiger partial charge in [0.1, 0.15) is 0 Å². The van der Waals surface area contributed by atoms with Crippen LogP contribution in [0, 0.1) is 0 Å². The highest BCUT2D eigenvalue weighted by Gasteiger charge is 2.16. The average molecular weight is 315 g/mol. The van der Waals surface area contributed by atoms with E-state index < -0.39 is 0 Å². The van der Waals surface area contributed by atoms with E-state index >= 15 is 0 Å². The molecule has 21 heavy (non-hydrogen) atoms. The number of nitrogens with two attached hydrogens (primary N) is 1. The number of ether oxygens (including phenoxy) is 2. The molecule has 0 heterocycles. The van der Waals surface area contributed by atoms with Gasteiger partial charge in [0, 0.05) is 42.6 Å². The molecule has 0 saturated heterocycles. The Hall–Kier alpha value is -1.30. The molecule has 0 aliphatic rings. The van der Waals surface area contributed by atoms with Crippen molar-refractivity contribution in [2.75, 3.05) is 45.3 Å². The van der Waals surface area contributed by atoms with E-state index in [1.165, 1.54) is 0 Å². The second-order valence-corrected chi connectivity index (χ2v) is 4.90. The van der Waals surface area contributed by atoms with Crippen LogP contribution >= 0.6 is 11.6 Å². The van der Waals surface area contributed by atoms with Crippen molar-refractivity contribution in [2.24, 2.45) is 0 Å². The van der Waals surface area contributed by atoms with Gasteiger partial charge in [0.25, 0.3) is 5.91 Å². The number of hydrogen-bond donors (Lipinski definition) is 1. The standard InChI is InChI=1S/C15H23ClN2O3/c1-3-20-7-5-18(6-8-21-4-2)15(19)12-9-13(16)11-14(17)10-12/h9-11H,3-8,17H2,1-2H3. The maximum atomic E-state index is 12.5. The van der Waals surface area contributed by atoms with E-state index in [1.54, 1.807) is 23.1 Å². The van der Waals surface area contributed by atoms with Gasteiger partial charge in [0.15, 0.2) is 0 Å². The minimum absolute atomic E-state index is 0.122. The number of hydrogen-bond acceptors (Lipinski definition) is 4. The lowest BCUT2D eigenvalue weighted by Crippen LogP contribution is -2.36. The third-order valence-corrected chi connectivity index (χ3v) is 3.09. The number of amides is 1. The average Bonchev–Trinajstić information content (AvgIpc) is 2.44. The Labute approximate surface area is 131 Å². The molecule has 0 bridgehead atoms. The summed E-state index contributed by atoms with van der Waals surface area (Å²) in [6, 6.07) is 4.86. The summed E-state index contributed by atoms with van der Waals surface area (Å²) in [6.45, 7) is 7.08. The molecule has 2 N–H and O–H groups in total. The van der Waals surface area contributed by atoms with Gasteiger partial charge in [0.2, 0.25) is 0 Å². The van der Waals surface area contributed by atoms with Crippen molar-refractivity contribution < 1.29 is 14.3 Å². The smallest absolute Gasteiger partial charge is 0.254 e. The fraction of sp³-hybridized carbons (Fsp3) is 0.533. The summed E-state index contributed by atoms with van der Waals surface area (Å²) in [5.41, 5.74) is 6.69. The summed E-state index contributed by atoms with van der Waals surface area (Å²) in [5.74, 6) is -0.122. The van der Waals surface area contributed by atoms with Crippen LogP contribution in [0.5, 0.6) is 0 Å². The van der Waals surface area contributed by atoms with Crippen molar-refractivity contribution in [1.82, 2.24) is 4.90 Å². The van der Waals surface area contributed by atoms with Gasteiger partial charge in [0.05, 0.1) is 13.2 Å². The van der Waals surface area contributed by atoms with E-state index in [0.717, 1.165) is 0 Å². The van der Waals surface area contributed by atoms with E-state index in [0.29, 0.717) is 55.8 Å². The molecule has 1 rings (SSSR count). The zero-order valence-corrected chi connectivity index (χ0v) is 13.4. The number of nitrogen functional groups attached to an aromatic ring is 1. The minimum atomic E-state index is -0.122.